The molecule has 5 heteroatoms. The van der Waals surface area contributed by atoms with E-state index in [1.54, 1.807) is 11.3 Å². The molecule has 0 aliphatic heterocycles. The molecule has 0 atom stereocenters. The molecule has 1 aromatic carbocycles. The lowest BCUT2D eigenvalue weighted by Crippen LogP contribution is -2.15. The molecule has 1 amide bonds. The molecule has 0 saturated heterocycles. The van der Waals surface area contributed by atoms with Crippen molar-refractivity contribution in [1.29, 1.82) is 0 Å². The number of hydrogen-bond donors (Lipinski definition) is 2. The predicted molar refractivity (Wildman–Crippen MR) is 84.9 cm³/mol. The summed E-state index contributed by atoms with van der Waals surface area (Å²) in [5, 5.41) is 4.19. The monoisotopic (exact) mass is 306 g/mol. The molecule has 20 heavy (non-hydrogen) atoms. The van der Waals surface area contributed by atoms with Crippen LogP contribution >= 0.6 is 22.9 Å². The van der Waals surface area contributed by atoms with Crippen LogP contribution in [0.4, 0.5) is 10.7 Å². The number of anilines is 2. The van der Waals surface area contributed by atoms with E-state index in [4.69, 9.17) is 17.3 Å². The van der Waals surface area contributed by atoms with Crippen molar-refractivity contribution in [3.05, 3.63) is 44.8 Å². The Balaban J connectivity index is 1.93. The van der Waals surface area contributed by atoms with Crippen LogP contribution in [0, 0.1) is 6.92 Å². The highest BCUT2D eigenvalue weighted by molar-refractivity contribution is 7.16. The van der Waals surface area contributed by atoms with Crippen molar-refractivity contribution >= 4 is 39.5 Å². The number of carbonyl (C=O) groups excluding carboxylic acids is 1. The Morgan fingerprint density at radius 1 is 1.40 bits per heavy atom. The summed E-state index contributed by atoms with van der Waals surface area (Å²) in [6.45, 7) is 1.89. The number of fused-ring (bicyclic) bond motifs is 1. The number of nitrogens with one attached hydrogen (secondary N) is 1. The molecule has 0 radical (unpaired) electrons. The van der Waals surface area contributed by atoms with Crippen molar-refractivity contribution in [1.82, 2.24) is 0 Å². The van der Waals surface area contributed by atoms with Gasteiger partial charge in [-0.2, -0.15) is 0 Å². The van der Waals surface area contributed by atoms with Crippen LogP contribution in [0.1, 0.15) is 32.8 Å². The van der Waals surface area contributed by atoms with E-state index in [0.717, 1.165) is 36.1 Å². The number of benzene rings is 1. The second-order valence-corrected chi connectivity index (χ2v) is 6.51. The molecular weight excluding hydrogens is 292 g/mol. The van der Waals surface area contributed by atoms with Gasteiger partial charge in [-0.1, -0.05) is 17.7 Å². The fraction of sp³-hybridized carbons (Fsp3) is 0.267. The van der Waals surface area contributed by atoms with Crippen LogP contribution in [-0.2, 0) is 12.8 Å². The third-order valence-electron chi connectivity index (χ3n) is 3.69. The number of halogens is 1. The summed E-state index contributed by atoms with van der Waals surface area (Å²) >= 11 is 7.61. The van der Waals surface area contributed by atoms with E-state index >= 15 is 0 Å². The molecular formula is C15H15ClN2OS. The van der Waals surface area contributed by atoms with E-state index in [1.165, 1.54) is 4.88 Å². The highest BCUT2D eigenvalue weighted by Gasteiger charge is 2.25. The van der Waals surface area contributed by atoms with Gasteiger partial charge in [0.15, 0.2) is 0 Å². The fourth-order valence-corrected chi connectivity index (χ4v) is 3.93. The minimum atomic E-state index is -0.132. The summed E-state index contributed by atoms with van der Waals surface area (Å²) in [6, 6.07) is 5.48. The van der Waals surface area contributed by atoms with E-state index in [0.29, 0.717) is 15.6 Å². The van der Waals surface area contributed by atoms with Crippen molar-refractivity contribution in [3.63, 3.8) is 0 Å². The lowest BCUT2D eigenvalue weighted by molar-refractivity contribution is 0.102. The first-order chi connectivity index (χ1) is 9.58. The van der Waals surface area contributed by atoms with E-state index < -0.39 is 0 Å². The summed E-state index contributed by atoms with van der Waals surface area (Å²) in [5.41, 5.74) is 9.39. The number of nitrogen functional groups attached to an aromatic ring is 1. The molecule has 1 heterocycles. The van der Waals surface area contributed by atoms with Crippen LogP contribution in [0.15, 0.2) is 18.2 Å². The standard InChI is InChI=1S/C15H15ClN2OS/c1-8-10(16)5-3-6-11(8)18-15(19)13-9-4-2-7-12(9)20-14(13)17/h3,5-6H,2,4,7,17H2,1H3,(H,18,19). The quantitative estimate of drug-likeness (QED) is 0.880. The largest absolute Gasteiger partial charge is 0.390 e. The summed E-state index contributed by atoms with van der Waals surface area (Å²) in [6.07, 6.45) is 3.09. The lowest BCUT2D eigenvalue weighted by Gasteiger charge is -2.10. The molecule has 0 saturated carbocycles. The number of amides is 1. The van der Waals surface area contributed by atoms with Gasteiger partial charge in [-0.15, -0.1) is 11.3 Å². The van der Waals surface area contributed by atoms with Gasteiger partial charge in [0.1, 0.15) is 0 Å². The van der Waals surface area contributed by atoms with Gasteiger partial charge in [-0.3, -0.25) is 4.79 Å². The maximum atomic E-state index is 12.5. The smallest absolute Gasteiger partial charge is 0.258 e. The number of rotatable bonds is 2. The second-order valence-electron chi connectivity index (χ2n) is 4.96. The van der Waals surface area contributed by atoms with Gasteiger partial charge in [0.25, 0.3) is 5.91 Å². The average molecular weight is 307 g/mol. The van der Waals surface area contributed by atoms with Gasteiger partial charge in [0.2, 0.25) is 0 Å². The SMILES string of the molecule is Cc1c(Cl)cccc1NC(=O)c1c(N)sc2c1CCC2. The van der Waals surface area contributed by atoms with Gasteiger partial charge in [0, 0.05) is 15.6 Å². The number of aryl methyl sites for hydroxylation is 1. The Morgan fingerprint density at radius 2 is 2.20 bits per heavy atom. The van der Waals surface area contributed by atoms with Crippen molar-refractivity contribution in [2.75, 3.05) is 11.1 Å². The third-order valence-corrected chi connectivity index (χ3v) is 5.22. The summed E-state index contributed by atoms with van der Waals surface area (Å²) in [7, 11) is 0. The maximum absolute atomic E-state index is 12.5. The number of thiophene rings is 1. The summed E-state index contributed by atoms with van der Waals surface area (Å²) in [4.78, 5) is 13.8. The number of nitrogens with two attached hydrogens (primary N) is 1. The van der Waals surface area contributed by atoms with Gasteiger partial charge in [-0.25, -0.2) is 0 Å². The van der Waals surface area contributed by atoms with Gasteiger partial charge in [-0.05, 0) is 49.4 Å². The minimum absolute atomic E-state index is 0.132. The van der Waals surface area contributed by atoms with Gasteiger partial charge >= 0.3 is 0 Å². The van der Waals surface area contributed by atoms with Crippen molar-refractivity contribution < 1.29 is 4.79 Å². The zero-order valence-corrected chi connectivity index (χ0v) is 12.7. The molecule has 0 fully saturated rings. The topological polar surface area (TPSA) is 55.1 Å². The molecule has 1 aliphatic carbocycles. The Kier molecular flexibility index (Phi) is 3.44. The molecule has 3 N–H and O–H groups in total. The van der Waals surface area contributed by atoms with Crippen LogP contribution < -0.4 is 11.1 Å². The molecule has 0 bridgehead atoms. The third kappa shape index (κ3) is 2.19. The van der Waals surface area contributed by atoms with E-state index in [2.05, 4.69) is 5.32 Å². The molecule has 2 aromatic rings. The molecule has 3 nitrogen and oxygen atoms in total. The van der Waals surface area contributed by atoms with E-state index in [9.17, 15) is 4.79 Å². The maximum Gasteiger partial charge on any atom is 0.258 e. The molecule has 0 unspecified atom stereocenters. The molecule has 0 spiro atoms. The second kappa shape index (κ2) is 5.11. The molecule has 1 aromatic heterocycles. The lowest BCUT2D eigenvalue weighted by atomic mass is 10.1. The first kappa shape index (κ1) is 13.5. The predicted octanol–water partition coefficient (Wildman–Crippen LogP) is 4.03. The molecule has 3 rings (SSSR count). The number of carbonyl (C=O) groups is 1. The van der Waals surface area contributed by atoms with Gasteiger partial charge in [0.05, 0.1) is 10.6 Å². The summed E-state index contributed by atoms with van der Waals surface area (Å²) in [5.74, 6) is -0.132. The van der Waals surface area contributed by atoms with Crippen molar-refractivity contribution in [2.24, 2.45) is 0 Å². The first-order valence-electron chi connectivity index (χ1n) is 6.54. The Morgan fingerprint density at radius 3 is 3.00 bits per heavy atom. The minimum Gasteiger partial charge on any atom is -0.390 e. The normalized spacial score (nSPS) is 13.3. The zero-order chi connectivity index (χ0) is 14.3. The van der Waals surface area contributed by atoms with Crippen LogP contribution in [0.5, 0.6) is 0 Å². The van der Waals surface area contributed by atoms with E-state index in [1.807, 2.05) is 25.1 Å². The van der Waals surface area contributed by atoms with Crippen LogP contribution in [-0.4, -0.2) is 5.91 Å². The highest BCUT2D eigenvalue weighted by Crippen LogP contribution is 2.37. The van der Waals surface area contributed by atoms with E-state index in [-0.39, 0.29) is 5.91 Å². The molecule has 1 aliphatic rings. The fourth-order valence-electron chi connectivity index (χ4n) is 2.60. The summed E-state index contributed by atoms with van der Waals surface area (Å²) < 4.78 is 0. The van der Waals surface area contributed by atoms with Crippen molar-refractivity contribution in [3.8, 4) is 0 Å². The van der Waals surface area contributed by atoms with Gasteiger partial charge < -0.3 is 11.1 Å². The Bertz CT molecular complexity index is 693. The zero-order valence-electron chi connectivity index (χ0n) is 11.1. The Hall–Kier alpha value is -1.52. The molecule has 104 valence electrons. The first-order valence-corrected chi connectivity index (χ1v) is 7.74. The van der Waals surface area contributed by atoms with Crippen molar-refractivity contribution in [2.45, 2.75) is 26.2 Å². The average Bonchev–Trinajstić information content (AvgIpc) is 2.94. The van der Waals surface area contributed by atoms with Crippen LogP contribution in [0.25, 0.3) is 0 Å². The van der Waals surface area contributed by atoms with Crippen LogP contribution in [0.3, 0.4) is 0 Å². The highest BCUT2D eigenvalue weighted by atomic mass is 35.5. The number of hydrogen-bond acceptors (Lipinski definition) is 3. The Labute approximate surface area is 126 Å². The van der Waals surface area contributed by atoms with Crippen LogP contribution in [0.2, 0.25) is 5.02 Å².